The van der Waals surface area contributed by atoms with Crippen molar-refractivity contribution in [1.29, 1.82) is 0 Å². The molecular formula is C28H27N3O3. The molecule has 0 spiro atoms. The Morgan fingerprint density at radius 2 is 1.74 bits per heavy atom. The van der Waals surface area contributed by atoms with E-state index in [4.69, 9.17) is 14.5 Å². The van der Waals surface area contributed by atoms with E-state index in [0.29, 0.717) is 11.3 Å². The molecule has 0 aliphatic rings. The molecule has 6 heteroatoms. The van der Waals surface area contributed by atoms with Gasteiger partial charge in [0.2, 0.25) is 0 Å². The minimum atomic E-state index is -0.316. The molecule has 0 aliphatic heterocycles. The van der Waals surface area contributed by atoms with Crippen LogP contribution in [0.15, 0.2) is 65.8 Å². The summed E-state index contributed by atoms with van der Waals surface area (Å²) in [6.07, 6.45) is 1.57. The molecule has 0 saturated carbocycles. The van der Waals surface area contributed by atoms with E-state index in [1.807, 2.05) is 55.5 Å². The lowest BCUT2D eigenvalue weighted by Gasteiger charge is -2.12. The predicted octanol–water partition coefficient (Wildman–Crippen LogP) is 5.61. The number of nitrogens with one attached hydrogen (secondary N) is 1. The molecule has 3 aromatic carbocycles. The highest BCUT2D eigenvalue weighted by Crippen LogP contribution is 2.30. The van der Waals surface area contributed by atoms with Crippen molar-refractivity contribution in [3.63, 3.8) is 0 Å². The Balaban J connectivity index is 1.68. The third-order valence-corrected chi connectivity index (χ3v) is 5.94. The molecule has 34 heavy (non-hydrogen) atoms. The Kier molecular flexibility index (Phi) is 6.59. The first-order valence-corrected chi connectivity index (χ1v) is 10.9. The quantitative estimate of drug-likeness (QED) is 0.304. The smallest absolute Gasteiger partial charge is 0.272 e. The number of pyridine rings is 1. The number of benzene rings is 3. The molecule has 172 valence electrons. The van der Waals surface area contributed by atoms with Gasteiger partial charge in [-0.05, 0) is 62.2 Å². The summed E-state index contributed by atoms with van der Waals surface area (Å²) in [7, 11) is 3.20. The van der Waals surface area contributed by atoms with Crippen molar-refractivity contribution in [2.24, 2.45) is 5.10 Å². The van der Waals surface area contributed by atoms with Crippen LogP contribution in [-0.2, 0) is 0 Å². The molecule has 1 N–H and O–H groups in total. The number of carbonyl (C=O) groups excluding carboxylic acids is 1. The van der Waals surface area contributed by atoms with Crippen molar-refractivity contribution in [3.8, 4) is 22.8 Å². The standard InChI is InChI=1S/C28H27N3O3/c1-17-10-11-20(14-18(17)2)25-15-23(22-8-6-7-9-24(22)30-25)28(32)31-29-16-21-12-13-26(33-4)19(3)27(21)34-5/h6-16H,1-5H3,(H,31,32)/b29-16+. The first kappa shape index (κ1) is 23.0. The molecule has 0 fully saturated rings. The first-order chi connectivity index (χ1) is 16.4. The molecule has 0 aliphatic carbocycles. The third kappa shape index (κ3) is 4.48. The molecule has 0 bridgehead atoms. The van der Waals surface area contributed by atoms with Crippen LogP contribution >= 0.6 is 0 Å². The van der Waals surface area contributed by atoms with Gasteiger partial charge >= 0.3 is 0 Å². The van der Waals surface area contributed by atoms with Gasteiger partial charge in [0, 0.05) is 22.1 Å². The molecule has 1 heterocycles. The second kappa shape index (κ2) is 9.75. The van der Waals surface area contributed by atoms with Crippen LogP contribution < -0.4 is 14.9 Å². The van der Waals surface area contributed by atoms with E-state index < -0.39 is 0 Å². The lowest BCUT2D eigenvalue weighted by atomic mass is 10.0. The molecule has 4 rings (SSSR count). The molecule has 0 saturated heterocycles. The van der Waals surface area contributed by atoms with Crippen LogP contribution in [0.2, 0.25) is 0 Å². The second-order valence-corrected chi connectivity index (χ2v) is 8.09. The Bertz CT molecular complexity index is 1410. The summed E-state index contributed by atoms with van der Waals surface area (Å²) in [5.41, 5.74) is 9.59. The lowest BCUT2D eigenvalue weighted by molar-refractivity contribution is 0.0956. The van der Waals surface area contributed by atoms with Crippen LogP contribution in [0.1, 0.15) is 32.6 Å². The number of amides is 1. The van der Waals surface area contributed by atoms with Gasteiger partial charge in [-0.15, -0.1) is 0 Å². The topological polar surface area (TPSA) is 72.8 Å². The second-order valence-electron chi connectivity index (χ2n) is 8.09. The van der Waals surface area contributed by atoms with Gasteiger partial charge in [-0.2, -0.15) is 5.10 Å². The zero-order chi connectivity index (χ0) is 24.2. The number of nitrogens with zero attached hydrogens (tertiary/aromatic N) is 2. The molecule has 1 amide bonds. The number of hydrazone groups is 1. The van der Waals surface area contributed by atoms with Crippen LogP contribution in [0.25, 0.3) is 22.2 Å². The highest BCUT2D eigenvalue weighted by molar-refractivity contribution is 6.07. The summed E-state index contributed by atoms with van der Waals surface area (Å²) < 4.78 is 10.9. The minimum Gasteiger partial charge on any atom is -0.496 e. The van der Waals surface area contributed by atoms with Gasteiger partial charge in [-0.25, -0.2) is 10.4 Å². The maximum absolute atomic E-state index is 13.2. The molecule has 4 aromatic rings. The Morgan fingerprint density at radius 1 is 0.941 bits per heavy atom. The molecule has 0 atom stereocenters. The number of hydrogen-bond donors (Lipinski definition) is 1. The molecule has 0 radical (unpaired) electrons. The van der Waals surface area contributed by atoms with Gasteiger partial charge in [-0.1, -0.05) is 30.3 Å². The lowest BCUT2D eigenvalue weighted by Crippen LogP contribution is -2.18. The number of methoxy groups -OCH3 is 2. The zero-order valence-electron chi connectivity index (χ0n) is 20.0. The molecular weight excluding hydrogens is 426 g/mol. The van der Waals surface area contributed by atoms with Crippen LogP contribution in [0.3, 0.4) is 0 Å². The number of aromatic nitrogens is 1. The van der Waals surface area contributed by atoms with Crippen LogP contribution in [0, 0.1) is 20.8 Å². The summed E-state index contributed by atoms with van der Waals surface area (Å²) in [5, 5.41) is 4.96. The largest absolute Gasteiger partial charge is 0.496 e. The Labute approximate surface area is 199 Å². The number of para-hydroxylation sites is 1. The van der Waals surface area contributed by atoms with Crippen molar-refractivity contribution in [2.75, 3.05) is 14.2 Å². The fourth-order valence-corrected chi connectivity index (χ4v) is 3.92. The van der Waals surface area contributed by atoms with E-state index in [2.05, 4.69) is 36.5 Å². The Morgan fingerprint density at radius 3 is 2.47 bits per heavy atom. The number of rotatable bonds is 6. The average molecular weight is 454 g/mol. The van der Waals surface area contributed by atoms with Crippen molar-refractivity contribution < 1.29 is 14.3 Å². The van der Waals surface area contributed by atoms with Crippen molar-refractivity contribution in [2.45, 2.75) is 20.8 Å². The number of fused-ring (bicyclic) bond motifs is 1. The van der Waals surface area contributed by atoms with Gasteiger partial charge in [0.05, 0.1) is 37.2 Å². The fourth-order valence-electron chi connectivity index (χ4n) is 3.92. The predicted molar refractivity (Wildman–Crippen MR) is 136 cm³/mol. The molecule has 6 nitrogen and oxygen atoms in total. The van der Waals surface area contributed by atoms with E-state index >= 15 is 0 Å². The van der Waals surface area contributed by atoms with Gasteiger partial charge in [0.1, 0.15) is 11.5 Å². The monoisotopic (exact) mass is 453 g/mol. The first-order valence-electron chi connectivity index (χ1n) is 10.9. The molecule has 0 unspecified atom stereocenters. The zero-order valence-corrected chi connectivity index (χ0v) is 20.0. The maximum Gasteiger partial charge on any atom is 0.272 e. The van der Waals surface area contributed by atoms with Gasteiger partial charge in [-0.3, -0.25) is 4.79 Å². The van der Waals surface area contributed by atoms with E-state index in [1.165, 1.54) is 11.1 Å². The van der Waals surface area contributed by atoms with Gasteiger partial charge in [0.25, 0.3) is 5.91 Å². The van der Waals surface area contributed by atoms with E-state index in [9.17, 15) is 4.79 Å². The van der Waals surface area contributed by atoms with Crippen LogP contribution in [0.4, 0.5) is 0 Å². The van der Waals surface area contributed by atoms with Crippen LogP contribution in [-0.4, -0.2) is 31.3 Å². The Hall–Kier alpha value is -4.19. The van der Waals surface area contributed by atoms with Gasteiger partial charge < -0.3 is 9.47 Å². The number of hydrogen-bond acceptors (Lipinski definition) is 5. The fraction of sp³-hybridized carbons (Fsp3) is 0.179. The van der Waals surface area contributed by atoms with E-state index in [0.717, 1.165) is 39.0 Å². The summed E-state index contributed by atoms with van der Waals surface area (Å²) in [6.45, 7) is 6.05. The minimum absolute atomic E-state index is 0.316. The van der Waals surface area contributed by atoms with Crippen LogP contribution in [0.5, 0.6) is 11.5 Å². The number of carbonyl (C=O) groups is 1. The summed E-state index contributed by atoms with van der Waals surface area (Å²) >= 11 is 0. The maximum atomic E-state index is 13.2. The normalized spacial score (nSPS) is 11.1. The summed E-state index contributed by atoms with van der Waals surface area (Å²) in [5.74, 6) is 1.05. The highest BCUT2D eigenvalue weighted by atomic mass is 16.5. The third-order valence-electron chi connectivity index (χ3n) is 5.94. The highest BCUT2D eigenvalue weighted by Gasteiger charge is 2.14. The van der Waals surface area contributed by atoms with Crippen molar-refractivity contribution in [1.82, 2.24) is 10.4 Å². The SMILES string of the molecule is COc1ccc(/C=N/NC(=O)c2cc(-c3ccc(C)c(C)c3)nc3ccccc23)c(OC)c1C. The summed E-state index contributed by atoms with van der Waals surface area (Å²) in [4.78, 5) is 18.0. The van der Waals surface area contributed by atoms with Crippen molar-refractivity contribution >= 4 is 23.0 Å². The van der Waals surface area contributed by atoms with E-state index in [1.54, 1.807) is 20.4 Å². The van der Waals surface area contributed by atoms with Crippen molar-refractivity contribution in [3.05, 3.63) is 88.5 Å². The molecule has 1 aromatic heterocycles. The summed E-state index contributed by atoms with van der Waals surface area (Å²) in [6, 6.07) is 19.3. The average Bonchev–Trinajstić information content (AvgIpc) is 2.85. The van der Waals surface area contributed by atoms with Gasteiger partial charge in [0.15, 0.2) is 0 Å². The van der Waals surface area contributed by atoms with E-state index in [-0.39, 0.29) is 5.91 Å². The number of aryl methyl sites for hydroxylation is 2. The number of ether oxygens (including phenoxy) is 2.